The molecule has 0 N–H and O–H groups in total. The number of esters is 2. The predicted octanol–water partition coefficient (Wildman–Crippen LogP) is 13.8. The number of allylic oxidation sites excluding steroid dienone is 14. The van der Waals surface area contributed by atoms with Gasteiger partial charge in [0.25, 0.3) is 0 Å². The Morgan fingerprint density at radius 3 is 1.42 bits per heavy atom. The zero-order valence-corrected chi connectivity index (χ0v) is 33.8. The van der Waals surface area contributed by atoms with E-state index in [1.165, 1.54) is 38.5 Å². The van der Waals surface area contributed by atoms with Crippen LogP contribution in [0.3, 0.4) is 0 Å². The van der Waals surface area contributed by atoms with Crippen LogP contribution in [0.2, 0.25) is 0 Å². The van der Waals surface area contributed by atoms with Gasteiger partial charge in [0, 0.05) is 19.4 Å². The first-order chi connectivity index (χ1) is 25.6. The van der Waals surface area contributed by atoms with E-state index in [1.807, 2.05) is 0 Å². The number of hydrogen-bond acceptors (Lipinski definition) is 5. The molecule has 0 heterocycles. The van der Waals surface area contributed by atoms with Gasteiger partial charge in [-0.2, -0.15) is 0 Å². The number of carbonyl (C=O) groups is 2. The summed E-state index contributed by atoms with van der Waals surface area (Å²) in [5.41, 5.74) is 0. The van der Waals surface area contributed by atoms with Gasteiger partial charge in [-0.05, 0) is 89.9 Å². The van der Waals surface area contributed by atoms with E-state index >= 15 is 0 Å². The van der Waals surface area contributed by atoms with Crippen molar-refractivity contribution in [1.82, 2.24) is 0 Å². The lowest BCUT2D eigenvalue weighted by Crippen LogP contribution is -2.30. The van der Waals surface area contributed by atoms with E-state index in [0.717, 1.165) is 103 Å². The Bertz CT molecular complexity index is 999. The maximum atomic E-state index is 12.5. The first kappa shape index (κ1) is 49.1. The molecule has 0 saturated heterocycles. The third kappa shape index (κ3) is 39.9. The van der Waals surface area contributed by atoms with E-state index in [9.17, 15) is 9.59 Å². The minimum Gasteiger partial charge on any atom is -0.462 e. The lowest BCUT2D eigenvalue weighted by Gasteiger charge is -2.18. The topological polar surface area (TPSA) is 61.8 Å². The van der Waals surface area contributed by atoms with Gasteiger partial charge in [-0.15, -0.1) is 0 Å². The van der Waals surface area contributed by atoms with Crippen molar-refractivity contribution in [1.29, 1.82) is 0 Å². The van der Waals surface area contributed by atoms with E-state index in [2.05, 4.69) is 106 Å². The lowest BCUT2D eigenvalue weighted by atomic mass is 10.1. The Kier molecular flexibility index (Phi) is 40.1. The highest BCUT2D eigenvalue weighted by atomic mass is 16.6. The molecule has 52 heavy (non-hydrogen) atoms. The van der Waals surface area contributed by atoms with Gasteiger partial charge in [0.1, 0.15) is 6.61 Å². The van der Waals surface area contributed by atoms with Crippen molar-refractivity contribution in [3.8, 4) is 0 Å². The van der Waals surface area contributed by atoms with Crippen LogP contribution in [0, 0.1) is 0 Å². The van der Waals surface area contributed by atoms with Gasteiger partial charge in [0.15, 0.2) is 6.10 Å². The minimum absolute atomic E-state index is 0.0539. The van der Waals surface area contributed by atoms with Crippen molar-refractivity contribution in [3.63, 3.8) is 0 Å². The fourth-order valence-corrected chi connectivity index (χ4v) is 5.34. The standard InChI is InChI=1S/C47H78O5/c1-4-7-10-13-15-17-19-21-23-25-27-29-31-33-36-39-42-50-43-45(52-47(49)41-38-34-12-9-6-3)44-51-46(48)40-37-35-32-30-28-26-24-22-20-18-16-14-11-8-5-2/h7-8,10-11,15-18,21-24,28,30,45H,4-6,9,12-14,19-20,25-27,29,31-44H2,1-3H3/b10-7-,11-8-,17-15-,18-16-,23-21-,24-22-,30-28-. The molecule has 0 fully saturated rings. The summed E-state index contributed by atoms with van der Waals surface area (Å²) in [6.45, 7) is 7.43. The van der Waals surface area contributed by atoms with Crippen LogP contribution in [0.5, 0.6) is 0 Å². The first-order valence-corrected chi connectivity index (χ1v) is 21.1. The average Bonchev–Trinajstić information content (AvgIpc) is 3.14. The van der Waals surface area contributed by atoms with Gasteiger partial charge >= 0.3 is 11.9 Å². The third-order valence-corrected chi connectivity index (χ3v) is 8.43. The molecule has 0 saturated carbocycles. The summed E-state index contributed by atoms with van der Waals surface area (Å²) in [6, 6.07) is 0. The van der Waals surface area contributed by atoms with E-state index < -0.39 is 6.10 Å². The van der Waals surface area contributed by atoms with E-state index in [0.29, 0.717) is 19.4 Å². The summed E-state index contributed by atoms with van der Waals surface area (Å²) in [5.74, 6) is -0.473. The molecule has 0 rings (SSSR count). The number of unbranched alkanes of at least 4 members (excludes halogenated alkanes) is 12. The van der Waals surface area contributed by atoms with Crippen LogP contribution < -0.4 is 0 Å². The average molecular weight is 723 g/mol. The molecule has 5 nitrogen and oxygen atoms in total. The number of ether oxygens (including phenoxy) is 3. The summed E-state index contributed by atoms with van der Waals surface area (Å²) < 4.78 is 17.1. The Morgan fingerprint density at radius 1 is 0.442 bits per heavy atom. The quantitative estimate of drug-likeness (QED) is 0.0363. The molecule has 0 amide bonds. The zero-order valence-electron chi connectivity index (χ0n) is 33.8. The normalized spacial score (nSPS) is 13.1. The van der Waals surface area contributed by atoms with Gasteiger partial charge < -0.3 is 14.2 Å². The highest BCUT2D eigenvalue weighted by Gasteiger charge is 2.17. The molecule has 0 spiro atoms. The fourth-order valence-electron chi connectivity index (χ4n) is 5.34. The molecule has 0 bridgehead atoms. The second kappa shape index (κ2) is 42.5. The maximum Gasteiger partial charge on any atom is 0.306 e. The van der Waals surface area contributed by atoms with Crippen LogP contribution in [0.4, 0.5) is 0 Å². The molecule has 0 aromatic carbocycles. The van der Waals surface area contributed by atoms with Crippen LogP contribution in [0.15, 0.2) is 85.1 Å². The van der Waals surface area contributed by atoms with Crippen LogP contribution in [-0.4, -0.2) is 37.9 Å². The molecular formula is C47H78O5. The molecule has 5 heteroatoms. The molecule has 0 aliphatic carbocycles. The minimum atomic E-state index is -0.557. The molecule has 0 aliphatic rings. The molecule has 296 valence electrons. The van der Waals surface area contributed by atoms with Gasteiger partial charge in [-0.3, -0.25) is 9.59 Å². The van der Waals surface area contributed by atoms with E-state index in [-0.39, 0.29) is 25.2 Å². The van der Waals surface area contributed by atoms with Crippen molar-refractivity contribution >= 4 is 11.9 Å². The van der Waals surface area contributed by atoms with Gasteiger partial charge in [-0.1, -0.05) is 157 Å². The van der Waals surface area contributed by atoms with Crippen LogP contribution in [-0.2, 0) is 23.8 Å². The number of hydrogen-bond donors (Lipinski definition) is 0. The zero-order chi connectivity index (χ0) is 37.8. The van der Waals surface area contributed by atoms with E-state index in [4.69, 9.17) is 14.2 Å². The summed E-state index contributed by atoms with van der Waals surface area (Å²) in [4.78, 5) is 24.9. The fraction of sp³-hybridized carbons (Fsp3) is 0.660. The molecule has 0 radical (unpaired) electrons. The third-order valence-electron chi connectivity index (χ3n) is 8.43. The molecule has 0 aromatic heterocycles. The summed E-state index contributed by atoms with van der Waals surface area (Å²) in [6.07, 6.45) is 54.7. The maximum absolute atomic E-state index is 12.5. The highest BCUT2D eigenvalue weighted by molar-refractivity contribution is 5.70. The molecule has 1 atom stereocenters. The Morgan fingerprint density at radius 2 is 0.865 bits per heavy atom. The van der Waals surface area contributed by atoms with Crippen molar-refractivity contribution in [2.75, 3.05) is 19.8 Å². The van der Waals surface area contributed by atoms with E-state index in [1.54, 1.807) is 0 Å². The number of rotatable bonds is 37. The Hall–Kier alpha value is -2.92. The van der Waals surface area contributed by atoms with Crippen molar-refractivity contribution in [2.45, 2.75) is 181 Å². The second-order valence-corrected chi connectivity index (χ2v) is 13.5. The first-order valence-electron chi connectivity index (χ1n) is 21.1. The van der Waals surface area contributed by atoms with Crippen molar-refractivity contribution in [3.05, 3.63) is 85.1 Å². The Labute approximate surface area is 320 Å². The van der Waals surface area contributed by atoms with Gasteiger partial charge in [0.2, 0.25) is 0 Å². The molecule has 0 aromatic rings. The smallest absolute Gasteiger partial charge is 0.306 e. The number of carbonyl (C=O) groups excluding carboxylic acids is 2. The van der Waals surface area contributed by atoms with Crippen molar-refractivity contribution < 1.29 is 23.8 Å². The van der Waals surface area contributed by atoms with Crippen LogP contribution >= 0.6 is 0 Å². The van der Waals surface area contributed by atoms with Gasteiger partial charge in [-0.25, -0.2) is 0 Å². The van der Waals surface area contributed by atoms with Crippen molar-refractivity contribution in [2.24, 2.45) is 0 Å². The molecular weight excluding hydrogens is 645 g/mol. The summed E-state index contributed by atoms with van der Waals surface area (Å²) >= 11 is 0. The highest BCUT2D eigenvalue weighted by Crippen LogP contribution is 2.11. The van der Waals surface area contributed by atoms with Crippen LogP contribution in [0.1, 0.15) is 175 Å². The molecule has 1 unspecified atom stereocenters. The van der Waals surface area contributed by atoms with Gasteiger partial charge in [0.05, 0.1) is 6.61 Å². The lowest BCUT2D eigenvalue weighted by molar-refractivity contribution is -0.163. The largest absolute Gasteiger partial charge is 0.462 e. The SMILES string of the molecule is CC/C=C\C/C=C\C/C=C\C/C=C\CCCCC(=O)OCC(COCCCCCCCC/C=C\C/C=C\C/C=C\CC)OC(=O)CCCCCCC. The second-order valence-electron chi connectivity index (χ2n) is 13.5. The Balaban J connectivity index is 4.19. The monoisotopic (exact) mass is 723 g/mol. The predicted molar refractivity (Wildman–Crippen MR) is 223 cm³/mol. The summed E-state index contributed by atoms with van der Waals surface area (Å²) in [7, 11) is 0. The summed E-state index contributed by atoms with van der Waals surface area (Å²) in [5, 5.41) is 0. The molecule has 0 aliphatic heterocycles. The van der Waals surface area contributed by atoms with Crippen LogP contribution in [0.25, 0.3) is 0 Å².